The van der Waals surface area contributed by atoms with Crippen molar-refractivity contribution >= 4 is 17.2 Å². The normalized spacial score (nSPS) is 12.1. The molecule has 1 atom stereocenters. The molecule has 0 aliphatic rings. The molecule has 0 aliphatic heterocycles. The van der Waals surface area contributed by atoms with Gasteiger partial charge >= 0.3 is 0 Å². The molecular formula is C13H14N2OS. The molecule has 4 heteroatoms. The molecule has 0 spiro atoms. The first kappa shape index (κ1) is 11.8. The average Bonchev–Trinajstić information content (AvgIpc) is 2.82. The van der Waals surface area contributed by atoms with Crippen molar-refractivity contribution < 1.29 is 4.79 Å². The van der Waals surface area contributed by atoms with E-state index in [0.29, 0.717) is 5.69 Å². The van der Waals surface area contributed by atoms with Gasteiger partial charge < -0.3 is 5.32 Å². The largest absolute Gasteiger partial charge is 0.343 e. The van der Waals surface area contributed by atoms with Crippen LogP contribution in [0.25, 0.3) is 0 Å². The molecule has 0 aromatic carbocycles. The zero-order valence-corrected chi connectivity index (χ0v) is 10.6. The third-order valence-corrected chi connectivity index (χ3v) is 3.49. The maximum absolute atomic E-state index is 11.9. The minimum Gasteiger partial charge on any atom is -0.343 e. The van der Waals surface area contributed by atoms with Crippen LogP contribution in [0.2, 0.25) is 0 Å². The molecule has 2 heterocycles. The number of hydrogen-bond donors (Lipinski definition) is 1. The number of thiophene rings is 1. The molecule has 2 aromatic heterocycles. The molecule has 3 nitrogen and oxygen atoms in total. The van der Waals surface area contributed by atoms with E-state index in [9.17, 15) is 4.79 Å². The van der Waals surface area contributed by atoms with Gasteiger partial charge in [-0.2, -0.15) is 0 Å². The third kappa shape index (κ3) is 2.91. The molecule has 0 saturated carbocycles. The van der Waals surface area contributed by atoms with Crippen molar-refractivity contribution in [2.24, 2.45) is 0 Å². The fourth-order valence-electron chi connectivity index (χ4n) is 1.55. The van der Waals surface area contributed by atoms with Crippen molar-refractivity contribution in [1.29, 1.82) is 0 Å². The molecule has 0 bridgehead atoms. The summed E-state index contributed by atoms with van der Waals surface area (Å²) < 4.78 is 0. The van der Waals surface area contributed by atoms with Crippen molar-refractivity contribution in [3.63, 3.8) is 0 Å². The molecule has 0 unspecified atom stereocenters. The van der Waals surface area contributed by atoms with Gasteiger partial charge in [-0.1, -0.05) is 12.1 Å². The quantitative estimate of drug-likeness (QED) is 0.904. The Morgan fingerprint density at radius 2 is 2.18 bits per heavy atom. The van der Waals surface area contributed by atoms with Gasteiger partial charge in [-0.3, -0.25) is 4.79 Å². The first-order valence-corrected chi connectivity index (χ1v) is 6.32. The summed E-state index contributed by atoms with van der Waals surface area (Å²) in [7, 11) is 0. The molecular weight excluding hydrogens is 232 g/mol. The molecule has 0 fully saturated rings. The Hall–Kier alpha value is -1.68. The van der Waals surface area contributed by atoms with E-state index in [4.69, 9.17) is 0 Å². The number of aromatic nitrogens is 1. The van der Waals surface area contributed by atoms with Crippen LogP contribution in [-0.2, 0) is 0 Å². The maximum Gasteiger partial charge on any atom is 0.270 e. The molecule has 2 rings (SSSR count). The lowest BCUT2D eigenvalue weighted by Crippen LogP contribution is -2.27. The highest BCUT2D eigenvalue weighted by Gasteiger charge is 2.12. The lowest BCUT2D eigenvalue weighted by molar-refractivity contribution is 0.0935. The minimum absolute atomic E-state index is 0.0183. The molecule has 88 valence electrons. The van der Waals surface area contributed by atoms with Gasteiger partial charge in [-0.05, 0) is 37.4 Å². The van der Waals surface area contributed by atoms with Crippen molar-refractivity contribution in [3.8, 4) is 0 Å². The van der Waals surface area contributed by atoms with Gasteiger partial charge in [0.2, 0.25) is 0 Å². The van der Waals surface area contributed by atoms with E-state index in [0.717, 1.165) is 10.6 Å². The molecule has 1 N–H and O–H groups in total. The van der Waals surface area contributed by atoms with Crippen LogP contribution in [0.5, 0.6) is 0 Å². The average molecular weight is 246 g/mol. The Bertz CT molecular complexity index is 508. The molecule has 0 radical (unpaired) electrons. The smallest absolute Gasteiger partial charge is 0.270 e. The second kappa shape index (κ2) is 5.10. The van der Waals surface area contributed by atoms with Crippen molar-refractivity contribution in [2.45, 2.75) is 19.9 Å². The van der Waals surface area contributed by atoms with Crippen LogP contribution >= 0.6 is 11.3 Å². The van der Waals surface area contributed by atoms with E-state index in [1.54, 1.807) is 17.4 Å². The number of carbonyl (C=O) groups excluding carboxylic acids is 1. The van der Waals surface area contributed by atoms with Gasteiger partial charge in [0.15, 0.2) is 0 Å². The molecule has 2 aromatic rings. The van der Waals surface area contributed by atoms with Crippen LogP contribution in [0, 0.1) is 6.92 Å². The summed E-state index contributed by atoms with van der Waals surface area (Å²) in [6, 6.07) is 9.45. The van der Waals surface area contributed by atoms with Crippen LogP contribution in [0.15, 0.2) is 35.7 Å². The number of hydrogen-bond acceptors (Lipinski definition) is 3. The van der Waals surface area contributed by atoms with E-state index in [-0.39, 0.29) is 11.9 Å². The van der Waals surface area contributed by atoms with E-state index >= 15 is 0 Å². The molecule has 1 amide bonds. The highest BCUT2D eigenvalue weighted by Crippen LogP contribution is 2.18. The maximum atomic E-state index is 11.9. The van der Waals surface area contributed by atoms with E-state index < -0.39 is 0 Å². The number of aryl methyl sites for hydroxylation is 1. The van der Waals surface area contributed by atoms with Gasteiger partial charge in [0.05, 0.1) is 6.04 Å². The Morgan fingerprint density at radius 3 is 2.82 bits per heavy atom. The summed E-state index contributed by atoms with van der Waals surface area (Å²) in [4.78, 5) is 17.3. The Balaban J connectivity index is 2.07. The first-order valence-electron chi connectivity index (χ1n) is 5.45. The molecule has 17 heavy (non-hydrogen) atoms. The highest BCUT2D eigenvalue weighted by atomic mass is 32.1. The second-order valence-electron chi connectivity index (χ2n) is 3.87. The van der Waals surface area contributed by atoms with Gasteiger partial charge in [0, 0.05) is 10.6 Å². The SMILES string of the molecule is Cc1cccc(C(=O)N[C@@H](C)c2cccs2)n1. The van der Waals surface area contributed by atoms with Crippen LogP contribution in [0.3, 0.4) is 0 Å². The van der Waals surface area contributed by atoms with E-state index in [1.165, 1.54) is 0 Å². The van der Waals surface area contributed by atoms with Crippen LogP contribution in [0.1, 0.15) is 34.0 Å². The topological polar surface area (TPSA) is 42.0 Å². The van der Waals surface area contributed by atoms with Crippen LogP contribution in [-0.4, -0.2) is 10.9 Å². The van der Waals surface area contributed by atoms with Gasteiger partial charge in [-0.25, -0.2) is 4.98 Å². The monoisotopic (exact) mass is 246 g/mol. The predicted octanol–water partition coefficient (Wildman–Crippen LogP) is 2.94. The number of pyridine rings is 1. The Labute approximate surface area is 105 Å². The number of nitrogens with zero attached hydrogens (tertiary/aromatic N) is 1. The minimum atomic E-state index is -0.130. The van der Waals surface area contributed by atoms with Crippen LogP contribution in [0.4, 0.5) is 0 Å². The van der Waals surface area contributed by atoms with Crippen LogP contribution < -0.4 is 5.32 Å². The number of rotatable bonds is 3. The van der Waals surface area contributed by atoms with E-state index in [1.807, 2.05) is 43.5 Å². The summed E-state index contributed by atoms with van der Waals surface area (Å²) in [5, 5.41) is 4.94. The zero-order valence-electron chi connectivity index (χ0n) is 9.81. The fraction of sp³-hybridized carbons (Fsp3) is 0.231. The second-order valence-corrected chi connectivity index (χ2v) is 4.85. The summed E-state index contributed by atoms with van der Waals surface area (Å²) in [6.45, 7) is 3.85. The first-order chi connectivity index (χ1) is 8.16. The van der Waals surface area contributed by atoms with Crippen molar-refractivity contribution in [3.05, 3.63) is 52.0 Å². The summed E-state index contributed by atoms with van der Waals surface area (Å²) >= 11 is 1.64. The molecule has 0 aliphatic carbocycles. The lowest BCUT2D eigenvalue weighted by atomic mass is 10.2. The lowest BCUT2D eigenvalue weighted by Gasteiger charge is -2.11. The van der Waals surface area contributed by atoms with Gasteiger partial charge in [0.1, 0.15) is 5.69 Å². The van der Waals surface area contributed by atoms with Crippen molar-refractivity contribution in [1.82, 2.24) is 10.3 Å². The zero-order chi connectivity index (χ0) is 12.3. The summed E-state index contributed by atoms with van der Waals surface area (Å²) in [6.07, 6.45) is 0. The van der Waals surface area contributed by atoms with Crippen molar-refractivity contribution in [2.75, 3.05) is 0 Å². The highest BCUT2D eigenvalue weighted by molar-refractivity contribution is 7.10. The predicted molar refractivity (Wildman–Crippen MR) is 69.2 cm³/mol. The fourth-order valence-corrected chi connectivity index (χ4v) is 2.28. The third-order valence-electron chi connectivity index (χ3n) is 2.44. The molecule has 0 saturated heterocycles. The summed E-state index contributed by atoms with van der Waals surface area (Å²) in [5.41, 5.74) is 1.31. The Kier molecular flexibility index (Phi) is 3.54. The Morgan fingerprint density at radius 1 is 1.35 bits per heavy atom. The standard InChI is InChI=1S/C13H14N2OS/c1-9-5-3-6-11(14-9)13(16)15-10(2)12-7-4-8-17-12/h3-8,10H,1-2H3,(H,15,16)/t10-/m0/s1. The van der Waals surface area contributed by atoms with E-state index in [2.05, 4.69) is 10.3 Å². The summed E-state index contributed by atoms with van der Waals surface area (Å²) in [5.74, 6) is -0.130. The number of amides is 1. The van der Waals surface area contributed by atoms with Gasteiger partial charge in [0.25, 0.3) is 5.91 Å². The van der Waals surface area contributed by atoms with Gasteiger partial charge in [-0.15, -0.1) is 11.3 Å². The number of nitrogens with one attached hydrogen (secondary N) is 1. The number of carbonyl (C=O) groups is 1.